The molecule has 0 fully saturated rings. The monoisotopic (exact) mass is 317 g/mol. The molecule has 0 amide bonds. The van der Waals surface area contributed by atoms with Crippen molar-refractivity contribution in [2.45, 2.75) is 6.10 Å². The van der Waals surface area contributed by atoms with Gasteiger partial charge in [-0.15, -0.1) is 0 Å². The van der Waals surface area contributed by atoms with E-state index in [9.17, 15) is 25.3 Å². The summed E-state index contributed by atoms with van der Waals surface area (Å²) >= 11 is 0. The minimum atomic E-state index is -1.25. The van der Waals surface area contributed by atoms with Gasteiger partial charge in [0.05, 0.1) is 21.5 Å². The van der Waals surface area contributed by atoms with Gasteiger partial charge in [0, 0.05) is 14.1 Å². The number of aliphatic hydroxyl groups excluding tert-OH is 1. The molecule has 1 atom stereocenters. The molecule has 1 N–H and O–H groups in total. The van der Waals surface area contributed by atoms with Crippen molar-refractivity contribution in [1.82, 2.24) is 0 Å². The molecule has 1 unspecified atom stereocenters. The number of anilines is 1. The first-order valence-electron chi connectivity index (χ1n) is 6.70. The standard InChI is InChI=1S/C15H15N3O5/c1-16(2)13-8-11(15(19)10-6-4-3-5-7-10)12(17(20)21)9-14(13)18(22)23/h3-9,15,19H,1-2H3. The van der Waals surface area contributed by atoms with Crippen molar-refractivity contribution in [1.29, 1.82) is 0 Å². The van der Waals surface area contributed by atoms with Gasteiger partial charge in [0.25, 0.3) is 11.4 Å². The first kappa shape index (κ1) is 16.4. The summed E-state index contributed by atoms with van der Waals surface area (Å²) in [6.45, 7) is 0. The second-order valence-corrected chi connectivity index (χ2v) is 5.12. The Morgan fingerprint density at radius 1 is 1.00 bits per heavy atom. The lowest BCUT2D eigenvalue weighted by Gasteiger charge is -2.17. The first-order chi connectivity index (χ1) is 10.8. The molecule has 0 bridgehead atoms. The number of benzene rings is 2. The molecule has 2 aromatic carbocycles. The molecule has 23 heavy (non-hydrogen) atoms. The Labute approximate surface area is 131 Å². The predicted octanol–water partition coefficient (Wildman–Crippen LogP) is 2.65. The number of hydrogen-bond acceptors (Lipinski definition) is 6. The van der Waals surface area contributed by atoms with Crippen LogP contribution in [-0.4, -0.2) is 29.0 Å². The summed E-state index contributed by atoms with van der Waals surface area (Å²) in [7, 11) is 3.18. The third-order valence-electron chi connectivity index (χ3n) is 3.41. The van der Waals surface area contributed by atoms with Crippen LogP contribution in [0.15, 0.2) is 42.5 Å². The number of hydrogen-bond donors (Lipinski definition) is 1. The van der Waals surface area contributed by atoms with Gasteiger partial charge in [-0.2, -0.15) is 0 Å². The fraction of sp³-hybridized carbons (Fsp3) is 0.200. The molecule has 2 rings (SSSR count). The summed E-state index contributed by atoms with van der Waals surface area (Å²) in [6.07, 6.45) is -1.25. The molecule has 0 radical (unpaired) electrons. The van der Waals surface area contributed by atoms with Crippen molar-refractivity contribution >= 4 is 17.1 Å². The van der Waals surface area contributed by atoms with Crippen molar-refractivity contribution in [2.24, 2.45) is 0 Å². The molecular weight excluding hydrogens is 302 g/mol. The van der Waals surface area contributed by atoms with Crippen LogP contribution in [0.5, 0.6) is 0 Å². The molecule has 120 valence electrons. The zero-order valence-electron chi connectivity index (χ0n) is 12.5. The molecule has 8 nitrogen and oxygen atoms in total. The topological polar surface area (TPSA) is 110 Å². The molecule has 0 aliphatic carbocycles. The van der Waals surface area contributed by atoms with E-state index in [4.69, 9.17) is 0 Å². The first-order valence-corrected chi connectivity index (χ1v) is 6.70. The molecular formula is C15H15N3O5. The van der Waals surface area contributed by atoms with E-state index in [2.05, 4.69) is 0 Å². The van der Waals surface area contributed by atoms with Crippen LogP contribution in [0.4, 0.5) is 17.1 Å². The van der Waals surface area contributed by atoms with Gasteiger partial charge in [-0.25, -0.2) is 0 Å². The predicted molar refractivity (Wildman–Crippen MR) is 84.6 cm³/mol. The van der Waals surface area contributed by atoms with Gasteiger partial charge in [-0.05, 0) is 11.6 Å². The van der Waals surface area contributed by atoms with Gasteiger partial charge in [-0.1, -0.05) is 30.3 Å². The molecule has 0 heterocycles. The Kier molecular flexibility index (Phi) is 4.56. The van der Waals surface area contributed by atoms with E-state index in [0.29, 0.717) is 5.56 Å². The lowest BCUT2D eigenvalue weighted by Crippen LogP contribution is -2.13. The Morgan fingerprint density at radius 2 is 1.57 bits per heavy atom. The summed E-state index contributed by atoms with van der Waals surface area (Å²) in [5.41, 5.74) is -0.209. The average Bonchev–Trinajstić information content (AvgIpc) is 2.53. The second-order valence-electron chi connectivity index (χ2n) is 5.12. The summed E-state index contributed by atoms with van der Waals surface area (Å²) in [5.74, 6) is 0. The third-order valence-corrected chi connectivity index (χ3v) is 3.41. The molecule has 8 heteroatoms. The highest BCUT2D eigenvalue weighted by Crippen LogP contribution is 2.38. The lowest BCUT2D eigenvalue weighted by molar-refractivity contribution is -0.394. The minimum Gasteiger partial charge on any atom is -0.383 e. The van der Waals surface area contributed by atoms with E-state index in [-0.39, 0.29) is 16.9 Å². The molecule has 0 spiro atoms. The van der Waals surface area contributed by atoms with Crippen molar-refractivity contribution in [3.05, 3.63) is 73.8 Å². The summed E-state index contributed by atoms with van der Waals surface area (Å²) in [4.78, 5) is 22.5. The third kappa shape index (κ3) is 3.27. The maximum Gasteiger partial charge on any atom is 0.299 e. The number of nitro benzene ring substituents is 2. The van der Waals surface area contributed by atoms with E-state index in [1.165, 1.54) is 11.0 Å². The van der Waals surface area contributed by atoms with Gasteiger partial charge >= 0.3 is 0 Å². The van der Waals surface area contributed by atoms with Crippen LogP contribution in [0.25, 0.3) is 0 Å². The highest BCUT2D eigenvalue weighted by molar-refractivity contribution is 5.69. The SMILES string of the molecule is CN(C)c1cc(C(O)c2ccccc2)c([N+](=O)[O-])cc1[N+](=O)[O-]. The number of rotatable bonds is 5. The number of aliphatic hydroxyl groups is 1. The number of nitrogens with zero attached hydrogens (tertiary/aromatic N) is 3. The van der Waals surface area contributed by atoms with Crippen LogP contribution >= 0.6 is 0 Å². The van der Waals surface area contributed by atoms with Crippen LogP contribution in [0.2, 0.25) is 0 Å². The average molecular weight is 317 g/mol. The molecule has 0 aliphatic rings. The summed E-state index contributed by atoms with van der Waals surface area (Å²) in [5, 5.41) is 32.9. The van der Waals surface area contributed by atoms with E-state index in [1.807, 2.05) is 0 Å². The number of nitro groups is 2. The quantitative estimate of drug-likeness (QED) is 0.670. The highest BCUT2D eigenvalue weighted by atomic mass is 16.6. The van der Waals surface area contributed by atoms with E-state index >= 15 is 0 Å². The largest absolute Gasteiger partial charge is 0.383 e. The van der Waals surface area contributed by atoms with Crippen molar-refractivity contribution < 1.29 is 15.0 Å². The maximum absolute atomic E-state index is 11.3. The van der Waals surface area contributed by atoms with Crippen LogP contribution in [0, 0.1) is 20.2 Å². The summed E-state index contributed by atoms with van der Waals surface area (Å²) in [6, 6.07) is 10.6. The smallest absolute Gasteiger partial charge is 0.299 e. The van der Waals surface area contributed by atoms with Gasteiger partial charge in [0.2, 0.25) is 0 Å². The second kappa shape index (κ2) is 6.41. The molecule has 0 saturated heterocycles. The Hall–Kier alpha value is -3.00. The zero-order valence-corrected chi connectivity index (χ0v) is 12.5. The van der Waals surface area contributed by atoms with Gasteiger partial charge < -0.3 is 10.0 Å². The van der Waals surface area contributed by atoms with Crippen LogP contribution < -0.4 is 4.90 Å². The fourth-order valence-electron chi connectivity index (χ4n) is 2.28. The Balaban J connectivity index is 2.68. The van der Waals surface area contributed by atoms with Crippen LogP contribution in [0.1, 0.15) is 17.2 Å². The Bertz CT molecular complexity index is 746. The zero-order chi connectivity index (χ0) is 17.1. The molecule has 0 aliphatic heterocycles. The van der Waals surface area contributed by atoms with Crippen molar-refractivity contribution in [3.8, 4) is 0 Å². The van der Waals surface area contributed by atoms with Crippen LogP contribution in [-0.2, 0) is 0 Å². The van der Waals surface area contributed by atoms with Gasteiger partial charge in [0.15, 0.2) is 0 Å². The molecule has 0 aromatic heterocycles. The van der Waals surface area contributed by atoms with E-state index in [0.717, 1.165) is 6.07 Å². The van der Waals surface area contributed by atoms with Gasteiger partial charge in [-0.3, -0.25) is 20.2 Å². The van der Waals surface area contributed by atoms with Crippen molar-refractivity contribution in [2.75, 3.05) is 19.0 Å². The maximum atomic E-state index is 11.3. The van der Waals surface area contributed by atoms with E-state index < -0.39 is 21.6 Å². The normalized spacial score (nSPS) is 11.8. The van der Waals surface area contributed by atoms with E-state index in [1.54, 1.807) is 44.4 Å². The highest BCUT2D eigenvalue weighted by Gasteiger charge is 2.29. The minimum absolute atomic E-state index is 0.00972. The van der Waals surface area contributed by atoms with Crippen LogP contribution in [0.3, 0.4) is 0 Å². The Morgan fingerprint density at radius 3 is 2.04 bits per heavy atom. The van der Waals surface area contributed by atoms with Crippen molar-refractivity contribution in [3.63, 3.8) is 0 Å². The molecule has 0 saturated carbocycles. The van der Waals surface area contributed by atoms with Gasteiger partial charge in [0.1, 0.15) is 11.8 Å². The summed E-state index contributed by atoms with van der Waals surface area (Å²) < 4.78 is 0. The molecule has 2 aromatic rings. The lowest BCUT2D eigenvalue weighted by atomic mass is 9.98. The fourth-order valence-corrected chi connectivity index (χ4v) is 2.28.